The Balaban J connectivity index is 2.33. The molecule has 0 atom stereocenters. The number of rotatable bonds is 3. The number of nitrogens with zero attached hydrogens (tertiary/aromatic N) is 2. The lowest BCUT2D eigenvalue weighted by atomic mass is 10.2. The van der Waals surface area contributed by atoms with Crippen LogP contribution in [0.1, 0.15) is 20.8 Å². The van der Waals surface area contributed by atoms with Gasteiger partial charge in [-0.25, -0.2) is 4.79 Å². The molecule has 1 amide bonds. The first-order valence-electron chi connectivity index (χ1n) is 5.42. The highest BCUT2D eigenvalue weighted by atomic mass is 35.5. The van der Waals surface area contributed by atoms with Crippen LogP contribution in [0.25, 0.3) is 0 Å². The van der Waals surface area contributed by atoms with Crippen LogP contribution in [0.2, 0.25) is 10.0 Å². The molecule has 104 valence electrons. The summed E-state index contributed by atoms with van der Waals surface area (Å²) < 4.78 is 1.15. The Hall–Kier alpha value is -2.05. The summed E-state index contributed by atoms with van der Waals surface area (Å²) in [6, 6.07) is 4.61. The Labute approximate surface area is 123 Å². The monoisotopic (exact) mass is 313 g/mol. The van der Waals surface area contributed by atoms with Crippen molar-refractivity contribution in [2.24, 2.45) is 7.05 Å². The topological polar surface area (TPSA) is 84.2 Å². The maximum atomic E-state index is 12.1. The van der Waals surface area contributed by atoms with E-state index < -0.39 is 11.9 Å². The summed E-state index contributed by atoms with van der Waals surface area (Å²) in [6.45, 7) is 0. The Bertz CT molecular complexity index is 697. The third-order valence-electron chi connectivity index (χ3n) is 2.59. The lowest BCUT2D eigenvalue weighted by molar-refractivity contribution is 0.0686. The molecule has 1 heterocycles. The number of anilines is 1. The third kappa shape index (κ3) is 2.61. The second-order valence-corrected chi connectivity index (χ2v) is 4.68. The quantitative estimate of drug-likeness (QED) is 0.912. The summed E-state index contributed by atoms with van der Waals surface area (Å²) in [4.78, 5) is 23.2. The van der Waals surface area contributed by atoms with Gasteiger partial charge >= 0.3 is 5.97 Å². The molecular formula is C12H9Cl2N3O3. The van der Waals surface area contributed by atoms with E-state index in [1.807, 2.05) is 0 Å². The average molecular weight is 314 g/mol. The van der Waals surface area contributed by atoms with Crippen molar-refractivity contribution in [3.63, 3.8) is 0 Å². The molecule has 0 unspecified atom stereocenters. The molecule has 1 aromatic carbocycles. The third-order valence-corrected chi connectivity index (χ3v) is 3.40. The molecule has 0 aliphatic heterocycles. The van der Waals surface area contributed by atoms with Gasteiger partial charge in [0, 0.05) is 7.05 Å². The van der Waals surface area contributed by atoms with Crippen LogP contribution in [0, 0.1) is 0 Å². The van der Waals surface area contributed by atoms with Crippen molar-refractivity contribution in [2.75, 3.05) is 5.32 Å². The average Bonchev–Trinajstić information content (AvgIpc) is 2.73. The minimum atomic E-state index is -1.20. The van der Waals surface area contributed by atoms with Crippen LogP contribution in [0.4, 0.5) is 5.69 Å². The molecule has 0 aliphatic carbocycles. The van der Waals surface area contributed by atoms with E-state index in [2.05, 4.69) is 10.4 Å². The summed E-state index contributed by atoms with van der Waals surface area (Å²) in [7, 11) is 1.46. The smallest absolute Gasteiger partial charge is 0.356 e. The first kappa shape index (κ1) is 14.4. The van der Waals surface area contributed by atoms with Crippen LogP contribution in [0.15, 0.2) is 24.4 Å². The number of hydrogen-bond acceptors (Lipinski definition) is 3. The maximum absolute atomic E-state index is 12.1. The van der Waals surface area contributed by atoms with E-state index in [9.17, 15) is 9.59 Å². The molecule has 2 aromatic rings. The van der Waals surface area contributed by atoms with Crippen molar-refractivity contribution in [1.29, 1.82) is 0 Å². The van der Waals surface area contributed by atoms with E-state index in [1.54, 1.807) is 12.1 Å². The van der Waals surface area contributed by atoms with Gasteiger partial charge in [-0.15, -0.1) is 0 Å². The number of benzene rings is 1. The number of halogens is 2. The van der Waals surface area contributed by atoms with Crippen molar-refractivity contribution in [3.05, 3.63) is 45.7 Å². The summed E-state index contributed by atoms with van der Waals surface area (Å²) >= 11 is 11.8. The molecule has 0 spiro atoms. The summed E-state index contributed by atoms with van der Waals surface area (Å²) in [5, 5.41) is 15.6. The number of carbonyl (C=O) groups is 2. The van der Waals surface area contributed by atoms with E-state index >= 15 is 0 Å². The van der Waals surface area contributed by atoms with Crippen LogP contribution in [0.5, 0.6) is 0 Å². The van der Waals surface area contributed by atoms with Crippen molar-refractivity contribution >= 4 is 40.8 Å². The number of carbonyl (C=O) groups excluding carboxylic acids is 1. The molecule has 8 heteroatoms. The van der Waals surface area contributed by atoms with Gasteiger partial charge in [-0.1, -0.05) is 29.3 Å². The van der Waals surface area contributed by atoms with E-state index in [-0.39, 0.29) is 27.0 Å². The predicted octanol–water partition coefficient (Wildman–Crippen LogP) is 2.68. The largest absolute Gasteiger partial charge is 0.476 e. The van der Waals surface area contributed by atoms with Crippen LogP contribution >= 0.6 is 23.2 Å². The summed E-state index contributed by atoms with van der Waals surface area (Å²) in [5.41, 5.74) is 0.108. The Morgan fingerprint density at radius 2 is 2.05 bits per heavy atom. The first-order valence-corrected chi connectivity index (χ1v) is 6.18. The van der Waals surface area contributed by atoms with E-state index in [0.29, 0.717) is 0 Å². The molecule has 0 bridgehead atoms. The fourth-order valence-corrected chi connectivity index (χ4v) is 2.04. The van der Waals surface area contributed by atoms with Crippen LogP contribution in [-0.2, 0) is 7.05 Å². The zero-order valence-corrected chi connectivity index (χ0v) is 11.7. The van der Waals surface area contributed by atoms with E-state index in [1.165, 1.54) is 19.3 Å². The summed E-state index contributed by atoms with van der Waals surface area (Å²) in [6.07, 6.45) is 1.25. The summed E-state index contributed by atoms with van der Waals surface area (Å²) in [5.74, 6) is -1.76. The van der Waals surface area contributed by atoms with Gasteiger partial charge in [0.2, 0.25) is 0 Å². The van der Waals surface area contributed by atoms with Crippen molar-refractivity contribution in [1.82, 2.24) is 9.78 Å². The van der Waals surface area contributed by atoms with Gasteiger partial charge in [0.05, 0.1) is 27.5 Å². The zero-order valence-electron chi connectivity index (χ0n) is 10.2. The molecule has 0 fully saturated rings. The second-order valence-electron chi connectivity index (χ2n) is 3.89. The van der Waals surface area contributed by atoms with Crippen LogP contribution in [-0.4, -0.2) is 26.8 Å². The maximum Gasteiger partial charge on any atom is 0.356 e. The highest BCUT2D eigenvalue weighted by Crippen LogP contribution is 2.26. The number of aromatic carboxylic acids is 1. The minimum Gasteiger partial charge on any atom is -0.476 e. The molecule has 6 nitrogen and oxygen atoms in total. The van der Waals surface area contributed by atoms with E-state index in [0.717, 1.165) is 4.68 Å². The standard InChI is InChI=1S/C12H9Cl2N3O3/c1-17-10(12(19)20)8(5-15-17)16-11(18)6-3-2-4-7(13)9(6)14/h2-5H,1H3,(H,16,18)(H,19,20). The normalized spacial score (nSPS) is 10.3. The highest BCUT2D eigenvalue weighted by molar-refractivity contribution is 6.44. The fraction of sp³-hybridized carbons (Fsp3) is 0.0833. The molecule has 0 saturated heterocycles. The molecular weight excluding hydrogens is 305 g/mol. The molecule has 20 heavy (non-hydrogen) atoms. The number of aryl methyl sites for hydroxylation is 1. The number of aromatic nitrogens is 2. The number of carboxylic acids is 1. The van der Waals surface area contributed by atoms with Gasteiger partial charge in [0.25, 0.3) is 5.91 Å². The molecule has 1 aromatic heterocycles. The van der Waals surface area contributed by atoms with Crippen molar-refractivity contribution < 1.29 is 14.7 Å². The van der Waals surface area contributed by atoms with Gasteiger partial charge < -0.3 is 10.4 Å². The lowest BCUT2D eigenvalue weighted by Gasteiger charge is -2.07. The zero-order chi connectivity index (χ0) is 14.9. The number of carboxylic acid groups (broad SMARTS) is 1. The first-order chi connectivity index (χ1) is 9.41. The van der Waals surface area contributed by atoms with Crippen molar-refractivity contribution in [3.8, 4) is 0 Å². The molecule has 0 saturated carbocycles. The van der Waals surface area contributed by atoms with Gasteiger partial charge in [-0.3, -0.25) is 9.48 Å². The lowest BCUT2D eigenvalue weighted by Crippen LogP contribution is -2.16. The van der Waals surface area contributed by atoms with Crippen LogP contribution < -0.4 is 5.32 Å². The van der Waals surface area contributed by atoms with E-state index in [4.69, 9.17) is 28.3 Å². The predicted molar refractivity (Wildman–Crippen MR) is 74.6 cm³/mol. The second kappa shape index (κ2) is 5.52. The Kier molecular flexibility index (Phi) is 3.96. The Morgan fingerprint density at radius 1 is 1.35 bits per heavy atom. The van der Waals surface area contributed by atoms with Crippen molar-refractivity contribution in [2.45, 2.75) is 0 Å². The number of amides is 1. The van der Waals surface area contributed by atoms with Gasteiger partial charge in [0.15, 0.2) is 5.69 Å². The highest BCUT2D eigenvalue weighted by Gasteiger charge is 2.19. The van der Waals surface area contributed by atoms with Gasteiger partial charge in [0.1, 0.15) is 0 Å². The number of nitrogens with one attached hydrogen (secondary N) is 1. The van der Waals surface area contributed by atoms with Gasteiger partial charge in [-0.2, -0.15) is 5.10 Å². The van der Waals surface area contributed by atoms with Crippen LogP contribution in [0.3, 0.4) is 0 Å². The van der Waals surface area contributed by atoms with Gasteiger partial charge in [-0.05, 0) is 12.1 Å². The SMILES string of the molecule is Cn1ncc(NC(=O)c2cccc(Cl)c2Cl)c1C(=O)O. The number of hydrogen-bond donors (Lipinski definition) is 2. The molecule has 2 rings (SSSR count). The molecule has 2 N–H and O–H groups in total. The molecule has 0 aliphatic rings. The fourth-order valence-electron chi connectivity index (χ4n) is 1.65. The molecule has 0 radical (unpaired) electrons. The minimum absolute atomic E-state index is 0.0843. The Morgan fingerprint density at radius 3 is 2.70 bits per heavy atom.